The highest BCUT2D eigenvalue weighted by atomic mass is 16.5. The van der Waals surface area contributed by atoms with Crippen LogP contribution in [0.15, 0.2) is 42.5 Å². The monoisotopic (exact) mass is 394 g/mol. The predicted octanol–water partition coefficient (Wildman–Crippen LogP) is 2.16. The number of ether oxygens (including phenoxy) is 2. The van der Waals surface area contributed by atoms with Gasteiger partial charge in [-0.15, -0.1) is 0 Å². The number of nitrogens with one attached hydrogen (secondary N) is 1. The smallest absolute Gasteiger partial charge is 0.261 e. The molecule has 2 amide bonds. The Bertz CT molecular complexity index is 996. The van der Waals surface area contributed by atoms with Crippen LogP contribution in [0, 0.1) is 5.41 Å². The Labute approximate surface area is 168 Å². The average molecular weight is 394 g/mol. The Hall–Kier alpha value is -3.35. The van der Waals surface area contributed by atoms with Crippen molar-refractivity contribution in [1.29, 1.82) is 0 Å². The third-order valence-corrected chi connectivity index (χ3v) is 5.86. The lowest BCUT2D eigenvalue weighted by Gasteiger charge is -2.26. The van der Waals surface area contributed by atoms with Crippen molar-refractivity contribution in [3.8, 4) is 11.5 Å². The first-order chi connectivity index (χ1) is 13.9. The van der Waals surface area contributed by atoms with Crippen LogP contribution >= 0.6 is 0 Å². The Balaban J connectivity index is 1.72. The molecule has 7 heteroatoms. The Kier molecular flexibility index (Phi) is 4.53. The number of amides is 2. The molecule has 0 aromatic heterocycles. The van der Waals surface area contributed by atoms with Gasteiger partial charge in [-0.25, -0.2) is 0 Å². The van der Waals surface area contributed by atoms with Gasteiger partial charge in [-0.3, -0.25) is 14.4 Å². The van der Waals surface area contributed by atoms with E-state index in [1.807, 2.05) is 0 Å². The zero-order valence-electron chi connectivity index (χ0n) is 16.5. The summed E-state index contributed by atoms with van der Waals surface area (Å²) in [4.78, 5) is 41.0. The molecule has 1 N–H and O–H groups in total. The molecule has 0 bridgehead atoms. The van der Waals surface area contributed by atoms with E-state index in [4.69, 9.17) is 9.47 Å². The van der Waals surface area contributed by atoms with Crippen LogP contribution in [0.5, 0.6) is 11.5 Å². The lowest BCUT2D eigenvalue weighted by molar-refractivity contribution is 0.0735. The molecule has 150 valence electrons. The number of methoxy groups -OCH3 is 2. The Morgan fingerprint density at radius 2 is 1.66 bits per heavy atom. The van der Waals surface area contributed by atoms with E-state index in [1.165, 1.54) is 14.2 Å². The summed E-state index contributed by atoms with van der Waals surface area (Å²) < 4.78 is 10.7. The summed E-state index contributed by atoms with van der Waals surface area (Å²) in [5.74, 6) is 0.0501. The highest BCUT2D eigenvalue weighted by Gasteiger charge is 2.53. The van der Waals surface area contributed by atoms with Gasteiger partial charge in [0, 0.05) is 18.7 Å². The molecular weight excluding hydrogens is 372 g/mol. The molecule has 2 atom stereocenters. The topological polar surface area (TPSA) is 84.9 Å². The summed E-state index contributed by atoms with van der Waals surface area (Å²) in [7, 11) is 2.98. The zero-order valence-corrected chi connectivity index (χ0v) is 16.5. The Morgan fingerprint density at radius 1 is 1.03 bits per heavy atom. The van der Waals surface area contributed by atoms with Crippen molar-refractivity contribution in [3.05, 3.63) is 59.2 Å². The molecule has 7 nitrogen and oxygen atoms in total. The van der Waals surface area contributed by atoms with Crippen LogP contribution in [0.3, 0.4) is 0 Å². The number of likely N-dealkylation sites (tertiary alicyclic amines) is 1. The fraction of sp³-hybridized carbons (Fsp3) is 0.318. The number of Topliss-reactive ketones (excluding diaryl/α,β-unsaturated/α-hetero) is 1. The van der Waals surface area contributed by atoms with Gasteiger partial charge in [-0.05, 0) is 25.1 Å². The molecule has 0 unspecified atom stereocenters. The molecule has 2 aliphatic rings. The zero-order chi connectivity index (χ0) is 20.8. The molecule has 0 radical (unpaired) electrons. The molecule has 0 aliphatic carbocycles. The number of ketones is 1. The van der Waals surface area contributed by atoms with E-state index in [0.29, 0.717) is 28.2 Å². The van der Waals surface area contributed by atoms with Gasteiger partial charge >= 0.3 is 0 Å². The third kappa shape index (κ3) is 2.85. The minimum atomic E-state index is -0.923. The number of nitrogens with zero attached hydrogens (tertiary/aromatic N) is 1. The minimum Gasteiger partial charge on any atom is -0.496 e. The molecule has 1 saturated heterocycles. The molecule has 29 heavy (non-hydrogen) atoms. The summed E-state index contributed by atoms with van der Waals surface area (Å²) in [6.45, 7) is 2.21. The van der Waals surface area contributed by atoms with E-state index in [0.717, 1.165) is 0 Å². The lowest BCUT2D eigenvalue weighted by atomic mass is 9.78. The van der Waals surface area contributed by atoms with Crippen molar-refractivity contribution in [1.82, 2.24) is 10.2 Å². The van der Waals surface area contributed by atoms with Crippen molar-refractivity contribution in [2.45, 2.75) is 13.0 Å². The van der Waals surface area contributed by atoms with Gasteiger partial charge in [-0.1, -0.05) is 24.3 Å². The quantitative estimate of drug-likeness (QED) is 0.862. The van der Waals surface area contributed by atoms with Crippen molar-refractivity contribution < 1.29 is 23.9 Å². The lowest BCUT2D eigenvalue weighted by Crippen LogP contribution is -2.47. The van der Waals surface area contributed by atoms with Crippen LogP contribution in [0.4, 0.5) is 0 Å². The number of carbonyl (C=O) groups is 3. The second kappa shape index (κ2) is 6.92. The summed E-state index contributed by atoms with van der Waals surface area (Å²) in [5, 5.41) is 2.95. The Morgan fingerprint density at radius 3 is 2.28 bits per heavy atom. The van der Waals surface area contributed by atoms with Crippen LogP contribution in [0.25, 0.3) is 0 Å². The number of carbonyl (C=O) groups excluding carboxylic acids is 3. The van der Waals surface area contributed by atoms with E-state index in [9.17, 15) is 14.4 Å². The molecule has 0 spiro atoms. The van der Waals surface area contributed by atoms with Crippen molar-refractivity contribution >= 4 is 17.6 Å². The molecule has 4 rings (SSSR count). The third-order valence-electron chi connectivity index (χ3n) is 5.86. The van der Waals surface area contributed by atoms with Gasteiger partial charge in [0.05, 0.1) is 31.2 Å². The van der Waals surface area contributed by atoms with Gasteiger partial charge in [0.25, 0.3) is 11.8 Å². The summed E-state index contributed by atoms with van der Waals surface area (Å²) in [6, 6.07) is 11.4. The molecule has 2 aromatic rings. The van der Waals surface area contributed by atoms with Crippen molar-refractivity contribution in [3.63, 3.8) is 0 Å². The highest BCUT2D eigenvalue weighted by molar-refractivity contribution is 6.13. The maximum Gasteiger partial charge on any atom is 0.261 e. The number of rotatable bonds is 3. The van der Waals surface area contributed by atoms with Gasteiger partial charge in [0.2, 0.25) is 0 Å². The van der Waals surface area contributed by atoms with E-state index in [1.54, 1.807) is 54.3 Å². The molecule has 2 aliphatic heterocycles. The maximum atomic E-state index is 13.4. The van der Waals surface area contributed by atoms with E-state index in [2.05, 4.69) is 5.32 Å². The maximum absolute atomic E-state index is 13.4. The number of fused-ring (bicyclic) bond motifs is 2. The largest absolute Gasteiger partial charge is 0.496 e. The minimum absolute atomic E-state index is 0.140. The van der Waals surface area contributed by atoms with Crippen LogP contribution in [-0.4, -0.2) is 55.8 Å². The molecule has 0 saturated carbocycles. The summed E-state index contributed by atoms with van der Waals surface area (Å²) in [6.07, 6.45) is 0. The predicted molar refractivity (Wildman–Crippen MR) is 106 cm³/mol. The standard InChI is InChI=1S/C22H22N2O5/c1-22-12-24(21(27)18-15(28-2)9-6-10-16(18)29-3)11-17(22)23-20(26)14-8-5-4-7-13(14)19(22)25/h4-10,17H,11-12H2,1-3H3,(H,23,26)/t17-,22+/m1/s1. The normalized spacial score (nSPS) is 23.0. The fourth-order valence-corrected chi connectivity index (χ4v) is 4.23. The molecule has 1 fully saturated rings. The van der Waals surface area contributed by atoms with Crippen LogP contribution in [0.2, 0.25) is 0 Å². The van der Waals surface area contributed by atoms with Crippen LogP contribution < -0.4 is 14.8 Å². The van der Waals surface area contributed by atoms with E-state index < -0.39 is 11.5 Å². The highest BCUT2D eigenvalue weighted by Crippen LogP contribution is 2.39. The van der Waals surface area contributed by atoms with E-state index >= 15 is 0 Å². The molecule has 2 aromatic carbocycles. The average Bonchev–Trinajstić information content (AvgIpc) is 3.05. The summed E-state index contributed by atoms with van der Waals surface area (Å²) in [5.41, 5.74) is 0.140. The van der Waals surface area contributed by atoms with Gasteiger partial charge in [-0.2, -0.15) is 0 Å². The fourth-order valence-electron chi connectivity index (χ4n) is 4.23. The number of hydrogen-bond acceptors (Lipinski definition) is 5. The van der Waals surface area contributed by atoms with Crippen LogP contribution in [-0.2, 0) is 0 Å². The van der Waals surface area contributed by atoms with Crippen LogP contribution in [0.1, 0.15) is 38.0 Å². The van der Waals surface area contributed by atoms with Crippen molar-refractivity contribution in [2.75, 3.05) is 27.3 Å². The van der Waals surface area contributed by atoms with E-state index in [-0.39, 0.29) is 30.7 Å². The summed E-state index contributed by atoms with van der Waals surface area (Å²) >= 11 is 0. The first kappa shape index (κ1) is 19.0. The first-order valence-electron chi connectivity index (χ1n) is 9.35. The molecular formula is C22H22N2O5. The number of benzene rings is 2. The van der Waals surface area contributed by atoms with Crippen molar-refractivity contribution in [2.24, 2.45) is 5.41 Å². The second-order valence-electron chi connectivity index (χ2n) is 7.54. The van der Waals surface area contributed by atoms with Gasteiger partial charge in [0.15, 0.2) is 5.78 Å². The van der Waals surface area contributed by atoms with Gasteiger partial charge in [0.1, 0.15) is 17.1 Å². The first-order valence-corrected chi connectivity index (χ1v) is 9.35. The number of hydrogen-bond donors (Lipinski definition) is 1. The van der Waals surface area contributed by atoms with Gasteiger partial charge < -0.3 is 19.7 Å². The SMILES string of the molecule is COc1cccc(OC)c1C(=O)N1C[C@H]2NC(=O)c3ccccc3C(=O)[C@@]2(C)C1. The second-order valence-corrected chi connectivity index (χ2v) is 7.54. The molecule has 2 heterocycles.